The average Bonchev–Trinajstić information content (AvgIpc) is 1.90. The fourth-order valence-corrected chi connectivity index (χ4v) is 0.503. The Morgan fingerprint density at radius 2 is 2.18 bits per heavy atom. The SMILES string of the molecule is [Cl-].[Hg+].[O-]/[N+](O)=C1/C=C=CC=C1. The van der Waals surface area contributed by atoms with Gasteiger partial charge in [0.2, 0.25) is 0 Å². The van der Waals surface area contributed by atoms with Crippen molar-refractivity contribution in [2.24, 2.45) is 0 Å². The Morgan fingerprint density at radius 1 is 1.55 bits per heavy atom. The van der Waals surface area contributed by atoms with Gasteiger partial charge in [0.1, 0.15) is 0 Å². The fraction of sp³-hybridized carbons (Fsp3) is 0. The van der Waals surface area contributed by atoms with E-state index in [4.69, 9.17) is 5.21 Å². The summed E-state index contributed by atoms with van der Waals surface area (Å²) in [5, 5.41) is 18.4. The molecule has 11 heavy (non-hydrogen) atoms. The van der Waals surface area contributed by atoms with E-state index < -0.39 is 0 Å². The third-order valence-electron chi connectivity index (χ3n) is 0.912. The van der Waals surface area contributed by atoms with Crippen molar-refractivity contribution in [1.29, 1.82) is 0 Å². The van der Waals surface area contributed by atoms with E-state index in [-0.39, 0.29) is 50.7 Å². The van der Waals surface area contributed by atoms with Crippen LogP contribution in [0.4, 0.5) is 0 Å². The summed E-state index contributed by atoms with van der Waals surface area (Å²) >= 11 is 0. The van der Waals surface area contributed by atoms with Crippen LogP contribution < -0.4 is 12.4 Å². The third-order valence-corrected chi connectivity index (χ3v) is 0.912. The molecular formula is C6H5ClHgNO2. The molecule has 0 bridgehead atoms. The van der Waals surface area contributed by atoms with Crippen LogP contribution in [0.5, 0.6) is 0 Å². The molecular weight excluding hydrogens is 354 g/mol. The van der Waals surface area contributed by atoms with Crippen molar-refractivity contribution in [2.45, 2.75) is 0 Å². The van der Waals surface area contributed by atoms with Gasteiger partial charge in [0.15, 0.2) is 0 Å². The molecule has 0 amide bonds. The largest absolute Gasteiger partial charge is 1.00 e. The summed E-state index contributed by atoms with van der Waals surface area (Å²) < 4.78 is 0. The smallest absolute Gasteiger partial charge is 1.00 e. The van der Waals surface area contributed by atoms with Crippen molar-refractivity contribution in [3.8, 4) is 0 Å². The monoisotopic (exact) mass is 360 g/mol. The fourth-order valence-electron chi connectivity index (χ4n) is 0.503. The van der Waals surface area contributed by atoms with Crippen molar-refractivity contribution in [3.63, 3.8) is 0 Å². The van der Waals surface area contributed by atoms with Crippen LogP contribution in [0.25, 0.3) is 0 Å². The van der Waals surface area contributed by atoms with Gasteiger partial charge in [-0.3, -0.25) is 5.21 Å². The van der Waals surface area contributed by atoms with Crippen molar-refractivity contribution in [2.75, 3.05) is 0 Å². The van der Waals surface area contributed by atoms with Crippen LogP contribution in [0.15, 0.2) is 30.0 Å². The molecule has 1 N–H and O–H groups in total. The molecule has 0 aliphatic heterocycles. The third kappa shape index (κ3) is 4.25. The van der Waals surface area contributed by atoms with Crippen molar-refractivity contribution in [1.82, 2.24) is 0 Å². The van der Waals surface area contributed by atoms with E-state index in [0.717, 1.165) is 0 Å². The van der Waals surface area contributed by atoms with Gasteiger partial charge in [-0.2, -0.15) is 0 Å². The van der Waals surface area contributed by atoms with Gasteiger partial charge in [0, 0.05) is 11.0 Å². The Bertz CT molecular complexity index is 237. The number of allylic oxidation sites excluding steroid dienone is 3. The summed E-state index contributed by atoms with van der Waals surface area (Å²) in [6.07, 6.45) is 6.15. The summed E-state index contributed by atoms with van der Waals surface area (Å²) in [5.74, 6) is 0. The second-order valence-electron chi connectivity index (χ2n) is 1.53. The second kappa shape index (κ2) is 6.46. The standard InChI is InChI=1S/C6H5NO2.ClH.Hg/c8-7(9)6-4-2-1-3-5-6;;/h1-2,4-5H,(H,8,9);1H;/q;;+1/p-1. The molecule has 0 atom stereocenters. The summed E-state index contributed by atoms with van der Waals surface area (Å²) in [5.41, 5.74) is 2.83. The summed E-state index contributed by atoms with van der Waals surface area (Å²) in [6, 6.07) is 0. The molecule has 3 nitrogen and oxygen atoms in total. The first-order valence-electron chi connectivity index (χ1n) is 2.43. The van der Waals surface area contributed by atoms with Gasteiger partial charge in [-0.15, -0.1) is 5.73 Å². The van der Waals surface area contributed by atoms with E-state index in [1.165, 1.54) is 12.2 Å². The summed E-state index contributed by atoms with van der Waals surface area (Å²) in [6.45, 7) is 0. The van der Waals surface area contributed by atoms with E-state index in [1.807, 2.05) is 0 Å². The maximum Gasteiger partial charge on any atom is 1.00 e. The van der Waals surface area contributed by atoms with Gasteiger partial charge in [-0.05, 0) is 12.2 Å². The van der Waals surface area contributed by atoms with E-state index in [9.17, 15) is 5.21 Å². The minimum absolute atomic E-state index is 0. The zero-order chi connectivity index (χ0) is 6.69. The number of halogens is 1. The first kappa shape index (κ1) is 13.4. The molecule has 1 aliphatic carbocycles. The summed E-state index contributed by atoms with van der Waals surface area (Å²) in [7, 11) is 0. The minimum atomic E-state index is -0.198. The molecule has 0 saturated carbocycles. The van der Waals surface area contributed by atoms with Crippen LogP contribution in [0, 0.1) is 5.21 Å². The molecule has 1 aliphatic rings. The molecule has 1 rings (SSSR count). The molecule has 0 aromatic heterocycles. The number of hydrogen-bond donors (Lipinski definition) is 1. The van der Waals surface area contributed by atoms with Gasteiger partial charge in [-0.1, -0.05) is 0 Å². The molecule has 0 spiro atoms. The van der Waals surface area contributed by atoms with Crippen LogP contribution >= 0.6 is 0 Å². The first-order chi connectivity index (χ1) is 4.30. The molecule has 5 heteroatoms. The molecule has 55 valence electrons. The van der Waals surface area contributed by atoms with Gasteiger partial charge in [0.25, 0.3) is 5.71 Å². The molecule has 0 fully saturated rings. The maximum absolute atomic E-state index is 10.1. The van der Waals surface area contributed by atoms with Crippen LogP contribution in [-0.2, 0) is 27.7 Å². The Labute approximate surface area is 90.9 Å². The predicted octanol–water partition coefficient (Wildman–Crippen LogP) is -2.39. The van der Waals surface area contributed by atoms with Crippen LogP contribution in [-0.4, -0.2) is 15.8 Å². The normalized spacial score (nSPS) is 16.7. The van der Waals surface area contributed by atoms with Gasteiger partial charge in [0.05, 0.1) is 6.08 Å². The quantitative estimate of drug-likeness (QED) is 0.173. The van der Waals surface area contributed by atoms with Gasteiger partial charge < -0.3 is 17.6 Å². The van der Waals surface area contributed by atoms with Crippen LogP contribution in [0.1, 0.15) is 0 Å². The van der Waals surface area contributed by atoms with Crippen LogP contribution in [0.2, 0.25) is 0 Å². The van der Waals surface area contributed by atoms with E-state index >= 15 is 0 Å². The minimum Gasteiger partial charge on any atom is -1.00 e. The van der Waals surface area contributed by atoms with Crippen molar-refractivity contribution in [3.05, 3.63) is 35.2 Å². The zero-order valence-corrected chi connectivity index (χ0v) is 12.0. The topological polar surface area (TPSA) is 46.3 Å². The molecule has 0 aromatic rings. The predicted molar refractivity (Wildman–Crippen MR) is 32.2 cm³/mol. The maximum atomic E-state index is 10.1. The summed E-state index contributed by atoms with van der Waals surface area (Å²) in [4.78, 5) is -0.198. The van der Waals surface area contributed by atoms with Crippen LogP contribution in [0.3, 0.4) is 0 Å². The number of rotatable bonds is 0. The first-order valence-corrected chi connectivity index (χ1v) is 2.43. The molecule has 0 aromatic carbocycles. The van der Waals surface area contributed by atoms with Crippen molar-refractivity contribution >= 4 is 5.71 Å². The van der Waals surface area contributed by atoms with Gasteiger partial charge >= 0.3 is 27.7 Å². The Hall–Kier alpha value is -0.245. The Morgan fingerprint density at radius 3 is 2.45 bits per heavy atom. The molecule has 0 saturated heterocycles. The number of hydrogen-bond acceptors (Lipinski definition) is 2. The van der Waals surface area contributed by atoms with Crippen molar-refractivity contribution < 1.29 is 50.2 Å². The number of nitrogens with zero attached hydrogens (tertiary/aromatic N) is 1. The second-order valence-corrected chi connectivity index (χ2v) is 1.53. The van der Waals surface area contributed by atoms with E-state index in [0.29, 0.717) is 0 Å². The van der Waals surface area contributed by atoms with E-state index in [2.05, 4.69) is 5.73 Å². The van der Waals surface area contributed by atoms with Gasteiger partial charge in [-0.25, -0.2) is 0 Å². The van der Waals surface area contributed by atoms with E-state index in [1.54, 1.807) is 12.2 Å². The molecule has 0 heterocycles. The zero-order valence-electron chi connectivity index (χ0n) is 5.70. The Kier molecular flexibility index (Phi) is 7.85. The average molecular weight is 359 g/mol. The molecule has 0 unspecified atom stereocenters. The Balaban J connectivity index is 0. The molecule has 1 radical (unpaired) electrons.